The van der Waals surface area contributed by atoms with Crippen LogP contribution in [0.2, 0.25) is 0 Å². The zero-order chi connectivity index (χ0) is 18.8. The predicted molar refractivity (Wildman–Crippen MR) is 99.9 cm³/mol. The van der Waals surface area contributed by atoms with E-state index in [0.29, 0.717) is 42.9 Å². The Morgan fingerprint density at radius 1 is 1.23 bits per heavy atom. The number of hydrogen-bond donors (Lipinski definition) is 1. The van der Waals surface area contributed by atoms with E-state index in [4.69, 9.17) is 18.9 Å². The van der Waals surface area contributed by atoms with Gasteiger partial charge in [0, 0.05) is 12.6 Å². The van der Waals surface area contributed by atoms with Crippen LogP contribution in [0, 0.1) is 0 Å². The number of carbonyl (C=O) groups is 1. The van der Waals surface area contributed by atoms with E-state index in [1.807, 2.05) is 0 Å². The van der Waals surface area contributed by atoms with Crippen LogP contribution >= 0.6 is 0 Å². The summed E-state index contributed by atoms with van der Waals surface area (Å²) in [5.74, 6) is 0.728. The van der Waals surface area contributed by atoms with E-state index < -0.39 is 5.97 Å². The first-order valence-corrected chi connectivity index (χ1v) is 8.72. The third-order valence-electron chi connectivity index (χ3n) is 4.03. The number of benzene rings is 1. The number of rotatable bonds is 12. The quantitative estimate of drug-likeness (QED) is 0.351. The van der Waals surface area contributed by atoms with Crippen LogP contribution in [0.4, 0.5) is 0 Å². The molecule has 0 saturated heterocycles. The van der Waals surface area contributed by atoms with Crippen LogP contribution in [0.1, 0.15) is 23.2 Å². The molecule has 0 radical (unpaired) electrons. The van der Waals surface area contributed by atoms with Crippen LogP contribution in [0.15, 0.2) is 43.5 Å². The lowest BCUT2D eigenvalue weighted by molar-refractivity contribution is 0.0599. The van der Waals surface area contributed by atoms with Crippen molar-refractivity contribution in [1.29, 1.82) is 0 Å². The van der Waals surface area contributed by atoms with E-state index in [-0.39, 0.29) is 6.10 Å². The summed E-state index contributed by atoms with van der Waals surface area (Å²) in [5.41, 5.74) is 0.423. The fourth-order valence-corrected chi connectivity index (χ4v) is 2.62. The summed E-state index contributed by atoms with van der Waals surface area (Å²) in [7, 11) is 1.35. The van der Waals surface area contributed by atoms with Gasteiger partial charge in [0.25, 0.3) is 0 Å². The largest absolute Gasteiger partial charge is 0.486 e. The van der Waals surface area contributed by atoms with Gasteiger partial charge >= 0.3 is 5.97 Å². The van der Waals surface area contributed by atoms with Crippen molar-refractivity contribution in [3.63, 3.8) is 0 Å². The molecule has 1 aliphatic carbocycles. The molecule has 0 atom stereocenters. The van der Waals surface area contributed by atoms with Crippen LogP contribution in [0.25, 0.3) is 0 Å². The van der Waals surface area contributed by atoms with Crippen molar-refractivity contribution >= 4 is 5.97 Å². The molecule has 26 heavy (non-hydrogen) atoms. The fraction of sp³-hybridized carbons (Fsp3) is 0.450. The van der Waals surface area contributed by atoms with Gasteiger partial charge in [-0.2, -0.15) is 0 Å². The second kappa shape index (κ2) is 10.6. The molecular formula is C20H27NO5. The van der Waals surface area contributed by atoms with Crippen LogP contribution in [-0.2, 0) is 9.47 Å². The molecule has 0 bridgehead atoms. The van der Waals surface area contributed by atoms with E-state index in [0.717, 1.165) is 19.4 Å². The lowest BCUT2D eigenvalue weighted by atomic mass is 9.89. The van der Waals surface area contributed by atoms with Gasteiger partial charge in [0.1, 0.15) is 12.7 Å². The molecule has 0 aromatic heterocycles. The van der Waals surface area contributed by atoms with Gasteiger partial charge in [0.2, 0.25) is 0 Å². The summed E-state index contributed by atoms with van der Waals surface area (Å²) in [6.45, 7) is 9.65. The standard InChI is InChI=1S/C20H27NO5/c1-4-9-24-11-8-21-16-13-17(14-16)26-18-7-6-15(20(22)23-3)12-19(18)25-10-5-2/h4-7,12,16-17,21H,1-2,8-11,13-14H2,3H3. The molecule has 1 aromatic rings. The van der Waals surface area contributed by atoms with Gasteiger partial charge in [0.15, 0.2) is 11.5 Å². The topological polar surface area (TPSA) is 66.0 Å². The Kier molecular flexibility index (Phi) is 8.18. The molecule has 1 saturated carbocycles. The molecule has 0 spiro atoms. The maximum atomic E-state index is 11.7. The third-order valence-corrected chi connectivity index (χ3v) is 4.03. The highest BCUT2D eigenvalue weighted by Crippen LogP contribution is 2.33. The van der Waals surface area contributed by atoms with Crippen molar-refractivity contribution in [3.8, 4) is 11.5 Å². The van der Waals surface area contributed by atoms with E-state index in [1.165, 1.54) is 7.11 Å². The first kappa shape index (κ1) is 20.0. The van der Waals surface area contributed by atoms with E-state index in [2.05, 4.69) is 18.5 Å². The van der Waals surface area contributed by atoms with Gasteiger partial charge < -0.3 is 24.3 Å². The highest BCUT2D eigenvalue weighted by atomic mass is 16.5. The van der Waals surface area contributed by atoms with Gasteiger partial charge in [0.05, 0.1) is 25.9 Å². The molecule has 1 N–H and O–H groups in total. The number of esters is 1. The van der Waals surface area contributed by atoms with Crippen LogP contribution < -0.4 is 14.8 Å². The maximum Gasteiger partial charge on any atom is 0.337 e. The van der Waals surface area contributed by atoms with Crippen molar-refractivity contribution in [1.82, 2.24) is 5.32 Å². The fourth-order valence-electron chi connectivity index (χ4n) is 2.62. The molecule has 142 valence electrons. The summed E-state index contributed by atoms with van der Waals surface area (Å²) < 4.78 is 21.7. The number of carbonyl (C=O) groups excluding carboxylic acids is 1. The maximum absolute atomic E-state index is 11.7. The summed E-state index contributed by atoms with van der Waals surface area (Å²) in [5, 5.41) is 3.43. The summed E-state index contributed by atoms with van der Waals surface area (Å²) in [6.07, 6.45) is 5.34. The molecule has 1 fully saturated rings. The van der Waals surface area contributed by atoms with Gasteiger partial charge in [-0.1, -0.05) is 18.7 Å². The van der Waals surface area contributed by atoms with Crippen molar-refractivity contribution < 1.29 is 23.7 Å². The highest BCUT2D eigenvalue weighted by molar-refractivity contribution is 5.90. The smallest absolute Gasteiger partial charge is 0.337 e. The summed E-state index contributed by atoms with van der Waals surface area (Å²) in [6, 6.07) is 5.48. The second-order valence-corrected chi connectivity index (χ2v) is 5.98. The minimum absolute atomic E-state index is 0.122. The van der Waals surface area contributed by atoms with Crippen molar-refractivity contribution in [2.75, 3.05) is 33.5 Å². The van der Waals surface area contributed by atoms with Crippen LogP contribution in [0.3, 0.4) is 0 Å². The first-order chi connectivity index (χ1) is 12.7. The predicted octanol–water partition coefficient (Wildman–Crippen LogP) is 2.74. The monoisotopic (exact) mass is 361 g/mol. The van der Waals surface area contributed by atoms with Crippen LogP contribution in [0.5, 0.6) is 11.5 Å². The van der Waals surface area contributed by atoms with Gasteiger partial charge in [-0.25, -0.2) is 4.79 Å². The Morgan fingerprint density at radius 3 is 2.69 bits per heavy atom. The lowest BCUT2D eigenvalue weighted by Crippen LogP contribution is -2.47. The molecule has 6 heteroatoms. The van der Waals surface area contributed by atoms with Crippen LogP contribution in [-0.4, -0.2) is 51.6 Å². The molecular weight excluding hydrogens is 334 g/mol. The number of nitrogens with one attached hydrogen (secondary N) is 1. The normalized spacial score (nSPS) is 18.5. The molecule has 6 nitrogen and oxygen atoms in total. The molecule has 1 aliphatic rings. The lowest BCUT2D eigenvalue weighted by Gasteiger charge is -2.36. The van der Waals surface area contributed by atoms with E-state index in [1.54, 1.807) is 30.4 Å². The Labute approximate surface area is 154 Å². The zero-order valence-electron chi connectivity index (χ0n) is 15.2. The Hall–Kier alpha value is -2.31. The molecule has 0 amide bonds. The van der Waals surface area contributed by atoms with Crippen molar-refractivity contribution in [2.24, 2.45) is 0 Å². The average molecular weight is 361 g/mol. The van der Waals surface area contributed by atoms with Crippen molar-refractivity contribution in [2.45, 2.75) is 25.0 Å². The van der Waals surface area contributed by atoms with Crippen molar-refractivity contribution in [3.05, 3.63) is 49.1 Å². The van der Waals surface area contributed by atoms with E-state index >= 15 is 0 Å². The third kappa shape index (κ3) is 5.89. The average Bonchev–Trinajstić information content (AvgIpc) is 2.63. The highest BCUT2D eigenvalue weighted by Gasteiger charge is 2.31. The summed E-state index contributed by atoms with van der Waals surface area (Å²) in [4.78, 5) is 11.7. The minimum atomic E-state index is -0.411. The molecule has 2 rings (SSSR count). The minimum Gasteiger partial charge on any atom is -0.486 e. The van der Waals surface area contributed by atoms with E-state index in [9.17, 15) is 4.79 Å². The number of hydrogen-bond acceptors (Lipinski definition) is 6. The number of methoxy groups -OCH3 is 1. The van der Waals surface area contributed by atoms with Gasteiger partial charge in [-0.05, 0) is 31.0 Å². The summed E-state index contributed by atoms with van der Waals surface area (Å²) >= 11 is 0. The van der Waals surface area contributed by atoms with Gasteiger partial charge in [-0.3, -0.25) is 0 Å². The molecule has 0 unspecified atom stereocenters. The second-order valence-electron chi connectivity index (χ2n) is 5.98. The Morgan fingerprint density at radius 2 is 2.00 bits per heavy atom. The molecule has 0 heterocycles. The zero-order valence-corrected chi connectivity index (χ0v) is 15.2. The Balaban J connectivity index is 1.84. The SMILES string of the molecule is C=CCOCCNC1CC(Oc2ccc(C(=O)OC)cc2OCC=C)C1. The number of ether oxygens (including phenoxy) is 4. The first-order valence-electron chi connectivity index (χ1n) is 8.72. The Bertz CT molecular complexity index is 610. The molecule has 1 aromatic carbocycles. The van der Waals surface area contributed by atoms with Gasteiger partial charge in [-0.15, -0.1) is 6.58 Å². The molecule has 0 aliphatic heterocycles.